The van der Waals surface area contributed by atoms with E-state index in [-0.39, 0.29) is 5.56 Å². The van der Waals surface area contributed by atoms with E-state index in [1.165, 1.54) is 0 Å². The fourth-order valence-electron chi connectivity index (χ4n) is 3.22. The summed E-state index contributed by atoms with van der Waals surface area (Å²) < 4.78 is 44.0. The highest BCUT2D eigenvalue weighted by Crippen LogP contribution is 2.31. The lowest BCUT2D eigenvalue weighted by atomic mass is 10.0. The summed E-state index contributed by atoms with van der Waals surface area (Å²) in [5, 5.41) is 9.20. The van der Waals surface area contributed by atoms with E-state index in [0.29, 0.717) is 60.1 Å². The van der Waals surface area contributed by atoms with Crippen molar-refractivity contribution in [1.82, 2.24) is 20.5 Å². The van der Waals surface area contributed by atoms with Gasteiger partial charge < -0.3 is 15.0 Å². The standard InChI is InChI=1S/C22H22ClF3N6O2/c1-13(30-21(33)16-10-19(22(24,25)26)31-29-12-16)8-17(14(2)27-3)15-9-18(20(23)28-11-15)32-4-6-34-7-5-32/h8-12H,3-7H2,1-2H3,(H,30,33)/b13-8+,17-14+. The van der Waals surface area contributed by atoms with Crippen molar-refractivity contribution in [2.75, 3.05) is 31.2 Å². The van der Waals surface area contributed by atoms with Gasteiger partial charge in [0.1, 0.15) is 0 Å². The lowest BCUT2D eigenvalue weighted by Crippen LogP contribution is -2.36. The minimum atomic E-state index is -4.71. The number of carbonyl (C=O) groups excluding carboxylic acids is 1. The maximum Gasteiger partial charge on any atom is 0.435 e. The van der Waals surface area contributed by atoms with Crippen LogP contribution in [-0.4, -0.2) is 54.1 Å². The first-order chi connectivity index (χ1) is 16.1. The topological polar surface area (TPSA) is 92.6 Å². The summed E-state index contributed by atoms with van der Waals surface area (Å²) in [5.74, 6) is -0.763. The number of allylic oxidation sites excluding steroid dienone is 4. The number of hydrogen-bond acceptors (Lipinski definition) is 7. The second-order valence-electron chi connectivity index (χ2n) is 7.40. The molecule has 3 rings (SSSR count). The van der Waals surface area contributed by atoms with Crippen molar-refractivity contribution in [3.8, 4) is 0 Å². The van der Waals surface area contributed by atoms with Gasteiger partial charge in [-0.25, -0.2) is 4.98 Å². The summed E-state index contributed by atoms with van der Waals surface area (Å²) in [7, 11) is 0. The molecule has 3 heterocycles. The summed E-state index contributed by atoms with van der Waals surface area (Å²) in [4.78, 5) is 22.9. The van der Waals surface area contributed by atoms with Gasteiger partial charge in [0.25, 0.3) is 5.91 Å². The van der Waals surface area contributed by atoms with E-state index in [9.17, 15) is 18.0 Å². The molecule has 1 fully saturated rings. The van der Waals surface area contributed by atoms with Crippen LogP contribution in [0.1, 0.15) is 35.5 Å². The second kappa shape index (κ2) is 10.7. The highest BCUT2D eigenvalue weighted by Gasteiger charge is 2.33. The summed E-state index contributed by atoms with van der Waals surface area (Å²) in [6, 6.07) is 2.50. The van der Waals surface area contributed by atoms with Gasteiger partial charge in [0.2, 0.25) is 0 Å². The van der Waals surface area contributed by atoms with Crippen LogP contribution in [-0.2, 0) is 10.9 Å². The minimum absolute atomic E-state index is 0.276. The number of anilines is 1. The van der Waals surface area contributed by atoms with Crippen LogP contribution in [0.15, 0.2) is 47.0 Å². The number of hydrogen-bond donors (Lipinski definition) is 1. The molecule has 12 heteroatoms. The van der Waals surface area contributed by atoms with E-state index >= 15 is 0 Å². The average molecular weight is 495 g/mol. The zero-order chi connectivity index (χ0) is 24.9. The predicted octanol–water partition coefficient (Wildman–Crippen LogP) is 4.15. The second-order valence-corrected chi connectivity index (χ2v) is 7.76. The van der Waals surface area contributed by atoms with Crippen molar-refractivity contribution in [2.45, 2.75) is 20.0 Å². The Kier molecular flexibility index (Phi) is 8.00. The lowest BCUT2D eigenvalue weighted by molar-refractivity contribution is -0.141. The van der Waals surface area contributed by atoms with Gasteiger partial charge in [-0.2, -0.15) is 18.3 Å². The molecule has 0 saturated carbocycles. The Hall–Kier alpha value is -3.31. The number of pyridine rings is 1. The fourth-order valence-corrected chi connectivity index (χ4v) is 3.45. The zero-order valence-corrected chi connectivity index (χ0v) is 19.2. The van der Waals surface area contributed by atoms with Crippen LogP contribution >= 0.6 is 11.6 Å². The third-order valence-electron chi connectivity index (χ3n) is 4.99. The number of aliphatic imine (C=N–C) groups is 1. The molecule has 2 aromatic rings. The quantitative estimate of drug-likeness (QED) is 0.368. The van der Waals surface area contributed by atoms with Crippen LogP contribution in [0.5, 0.6) is 0 Å². The highest BCUT2D eigenvalue weighted by atomic mass is 35.5. The molecule has 0 atom stereocenters. The number of nitrogens with zero attached hydrogens (tertiary/aromatic N) is 5. The van der Waals surface area contributed by atoms with Crippen LogP contribution < -0.4 is 10.2 Å². The Bertz CT molecular complexity index is 1140. The largest absolute Gasteiger partial charge is 0.435 e. The van der Waals surface area contributed by atoms with Gasteiger partial charge in [-0.1, -0.05) is 11.6 Å². The van der Waals surface area contributed by atoms with Crippen LogP contribution in [0, 0.1) is 0 Å². The van der Waals surface area contributed by atoms with Crippen molar-refractivity contribution in [3.63, 3.8) is 0 Å². The third-order valence-corrected chi connectivity index (χ3v) is 5.28. The summed E-state index contributed by atoms with van der Waals surface area (Å²) in [6.07, 6.45) is -0.543. The van der Waals surface area contributed by atoms with Crippen molar-refractivity contribution in [2.24, 2.45) is 4.99 Å². The number of halogens is 4. The Morgan fingerprint density at radius 3 is 2.59 bits per heavy atom. The molecule has 0 radical (unpaired) electrons. The number of alkyl halides is 3. The molecule has 8 nitrogen and oxygen atoms in total. The van der Waals surface area contributed by atoms with Crippen molar-refractivity contribution < 1.29 is 22.7 Å². The van der Waals surface area contributed by atoms with E-state index in [4.69, 9.17) is 16.3 Å². The number of carbonyl (C=O) groups is 1. The highest BCUT2D eigenvalue weighted by molar-refractivity contribution is 6.32. The van der Waals surface area contributed by atoms with Crippen molar-refractivity contribution in [3.05, 3.63) is 64.0 Å². The molecule has 0 aliphatic carbocycles. The first-order valence-electron chi connectivity index (χ1n) is 10.2. The maximum absolute atomic E-state index is 12.9. The zero-order valence-electron chi connectivity index (χ0n) is 18.5. The molecule has 1 amide bonds. The van der Waals surface area contributed by atoms with Crippen LogP contribution in [0.2, 0.25) is 5.15 Å². The van der Waals surface area contributed by atoms with Gasteiger partial charge in [-0.15, -0.1) is 5.10 Å². The van der Waals surface area contributed by atoms with Crippen LogP contribution in [0.25, 0.3) is 5.57 Å². The van der Waals surface area contributed by atoms with E-state index in [0.717, 1.165) is 11.9 Å². The molecular formula is C22H22ClF3N6O2. The Morgan fingerprint density at radius 2 is 1.94 bits per heavy atom. The van der Waals surface area contributed by atoms with Crippen LogP contribution in [0.4, 0.5) is 18.9 Å². The van der Waals surface area contributed by atoms with Gasteiger partial charge in [0.05, 0.1) is 30.7 Å². The molecule has 0 bridgehead atoms. The number of ether oxygens (including phenoxy) is 1. The van der Waals surface area contributed by atoms with E-state index < -0.39 is 17.8 Å². The molecule has 1 aliphatic rings. The molecule has 0 aromatic carbocycles. The number of nitrogens with one attached hydrogen (secondary N) is 1. The van der Waals surface area contributed by atoms with Gasteiger partial charge >= 0.3 is 6.18 Å². The number of morpholine rings is 1. The van der Waals surface area contributed by atoms with Gasteiger partial charge in [0, 0.05) is 41.8 Å². The first-order valence-corrected chi connectivity index (χ1v) is 10.5. The number of aromatic nitrogens is 3. The summed E-state index contributed by atoms with van der Waals surface area (Å²) >= 11 is 6.33. The summed E-state index contributed by atoms with van der Waals surface area (Å²) in [5.41, 5.74) is 1.39. The molecule has 0 unspecified atom stereocenters. The molecule has 34 heavy (non-hydrogen) atoms. The van der Waals surface area contributed by atoms with Gasteiger partial charge in [-0.05, 0) is 38.8 Å². The molecular weight excluding hydrogens is 473 g/mol. The minimum Gasteiger partial charge on any atom is -0.378 e. The lowest BCUT2D eigenvalue weighted by Gasteiger charge is -2.29. The molecule has 1 saturated heterocycles. The normalized spacial score (nSPS) is 15.6. The molecule has 2 aromatic heterocycles. The smallest absolute Gasteiger partial charge is 0.378 e. The van der Waals surface area contributed by atoms with Gasteiger partial charge in [-0.3, -0.25) is 9.79 Å². The molecule has 1 aliphatic heterocycles. The van der Waals surface area contributed by atoms with E-state index in [1.807, 2.05) is 6.07 Å². The fraction of sp³-hybridized carbons (Fsp3) is 0.318. The van der Waals surface area contributed by atoms with E-state index in [1.54, 1.807) is 26.1 Å². The molecule has 1 N–H and O–H groups in total. The first kappa shape index (κ1) is 25.3. The molecule has 180 valence electrons. The van der Waals surface area contributed by atoms with Gasteiger partial charge in [0.15, 0.2) is 10.8 Å². The van der Waals surface area contributed by atoms with Crippen molar-refractivity contribution in [1.29, 1.82) is 0 Å². The number of amides is 1. The maximum atomic E-state index is 12.9. The predicted molar refractivity (Wildman–Crippen MR) is 123 cm³/mol. The summed E-state index contributed by atoms with van der Waals surface area (Å²) in [6.45, 7) is 9.36. The SMILES string of the molecule is C=N/C(C)=C(\C=C(/C)NC(=O)c1cnnc(C(F)(F)F)c1)c1cnc(Cl)c(N2CCOCC2)c1. The molecule has 0 spiro atoms. The monoisotopic (exact) mass is 494 g/mol. The Labute approximate surface area is 199 Å². The third kappa shape index (κ3) is 6.17. The Morgan fingerprint density at radius 1 is 1.24 bits per heavy atom. The number of rotatable bonds is 6. The van der Waals surface area contributed by atoms with Crippen LogP contribution in [0.3, 0.4) is 0 Å². The van der Waals surface area contributed by atoms with E-state index in [2.05, 4.69) is 37.1 Å². The van der Waals surface area contributed by atoms with Crippen molar-refractivity contribution >= 4 is 35.5 Å². The Balaban J connectivity index is 1.89. The average Bonchev–Trinajstić information content (AvgIpc) is 2.82.